The predicted molar refractivity (Wildman–Crippen MR) is 98.1 cm³/mol. The number of carbonyl (C=O) groups excluding carboxylic acids is 1. The van der Waals surface area contributed by atoms with Crippen molar-refractivity contribution < 1.29 is 4.79 Å². The second-order valence-corrected chi connectivity index (χ2v) is 7.10. The molecule has 126 valence electrons. The van der Waals surface area contributed by atoms with E-state index in [1.54, 1.807) is 6.07 Å². The zero-order chi connectivity index (χ0) is 17.3. The monoisotopic (exact) mass is 362 g/mol. The zero-order valence-electron chi connectivity index (χ0n) is 13.5. The zero-order valence-corrected chi connectivity index (χ0v) is 15.0. The molecule has 24 heavy (non-hydrogen) atoms. The van der Waals surface area contributed by atoms with Crippen LogP contribution in [0.4, 0.5) is 0 Å². The Bertz CT molecular complexity index is 749. The Kier molecular flexibility index (Phi) is 5.14. The van der Waals surface area contributed by atoms with Crippen LogP contribution in [0.2, 0.25) is 10.0 Å². The third kappa shape index (κ3) is 3.44. The van der Waals surface area contributed by atoms with E-state index in [2.05, 4.69) is 0 Å². The van der Waals surface area contributed by atoms with Crippen LogP contribution in [-0.4, -0.2) is 17.4 Å². The number of nitrogens with two attached hydrogens (primary N) is 1. The summed E-state index contributed by atoms with van der Waals surface area (Å²) in [5.74, 6) is -0.233. The Morgan fingerprint density at radius 2 is 1.92 bits per heavy atom. The number of carbonyl (C=O) groups is 1. The highest BCUT2D eigenvalue weighted by Crippen LogP contribution is 2.31. The van der Waals surface area contributed by atoms with E-state index in [4.69, 9.17) is 28.9 Å². The lowest BCUT2D eigenvalue weighted by molar-refractivity contribution is -0.136. The molecule has 0 spiro atoms. The smallest absolute Gasteiger partial charge is 0.227 e. The summed E-state index contributed by atoms with van der Waals surface area (Å²) in [6, 6.07) is 13.1. The van der Waals surface area contributed by atoms with Crippen LogP contribution in [0.25, 0.3) is 0 Å². The average Bonchev–Trinajstić information content (AvgIpc) is 2.60. The largest absolute Gasteiger partial charge is 0.338 e. The Morgan fingerprint density at radius 3 is 2.62 bits per heavy atom. The Morgan fingerprint density at radius 1 is 1.21 bits per heavy atom. The Balaban J connectivity index is 1.76. The van der Waals surface area contributed by atoms with E-state index in [-0.39, 0.29) is 17.9 Å². The molecule has 2 aromatic carbocycles. The molecular weight excluding hydrogens is 343 g/mol. The second-order valence-electron chi connectivity index (χ2n) is 6.26. The molecule has 5 heteroatoms. The quantitative estimate of drug-likeness (QED) is 0.888. The first kappa shape index (κ1) is 17.3. The highest BCUT2D eigenvalue weighted by molar-refractivity contribution is 6.35. The first-order valence-electron chi connectivity index (χ1n) is 8.03. The van der Waals surface area contributed by atoms with Crippen molar-refractivity contribution in [3.8, 4) is 0 Å². The molecule has 3 nitrogen and oxygen atoms in total. The van der Waals surface area contributed by atoms with Gasteiger partial charge in [-0.05, 0) is 35.2 Å². The van der Waals surface area contributed by atoms with E-state index < -0.39 is 0 Å². The molecule has 0 fully saturated rings. The summed E-state index contributed by atoms with van der Waals surface area (Å²) in [7, 11) is 0. The van der Waals surface area contributed by atoms with Crippen molar-refractivity contribution in [3.63, 3.8) is 0 Å². The van der Waals surface area contributed by atoms with Crippen molar-refractivity contribution in [1.29, 1.82) is 0 Å². The van der Waals surface area contributed by atoms with Crippen molar-refractivity contribution in [2.45, 2.75) is 25.9 Å². The van der Waals surface area contributed by atoms with Crippen LogP contribution in [0.5, 0.6) is 0 Å². The first-order valence-corrected chi connectivity index (χ1v) is 8.79. The lowest BCUT2D eigenvalue weighted by Crippen LogP contribution is -2.42. The third-order valence-electron chi connectivity index (χ3n) is 4.68. The van der Waals surface area contributed by atoms with Crippen LogP contribution in [-0.2, 0) is 17.8 Å². The van der Waals surface area contributed by atoms with E-state index in [1.165, 1.54) is 0 Å². The van der Waals surface area contributed by atoms with Crippen molar-refractivity contribution >= 4 is 29.1 Å². The summed E-state index contributed by atoms with van der Waals surface area (Å²) in [5.41, 5.74) is 9.38. The van der Waals surface area contributed by atoms with Gasteiger partial charge in [-0.2, -0.15) is 0 Å². The number of hydrogen-bond donors (Lipinski definition) is 1. The molecule has 0 saturated heterocycles. The van der Waals surface area contributed by atoms with Gasteiger partial charge in [-0.25, -0.2) is 0 Å². The van der Waals surface area contributed by atoms with Gasteiger partial charge in [0.05, 0.1) is 5.92 Å². The molecule has 1 aliphatic rings. The average molecular weight is 363 g/mol. The number of amides is 1. The van der Waals surface area contributed by atoms with Crippen molar-refractivity contribution in [2.24, 2.45) is 11.7 Å². The van der Waals surface area contributed by atoms with Gasteiger partial charge >= 0.3 is 0 Å². The molecule has 2 atom stereocenters. The minimum Gasteiger partial charge on any atom is -0.338 e. The molecule has 0 saturated carbocycles. The van der Waals surface area contributed by atoms with Crippen LogP contribution >= 0.6 is 23.2 Å². The van der Waals surface area contributed by atoms with E-state index in [1.807, 2.05) is 48.2 Å². The summed E-state index contributed by atoms with van der Waals surface area (Å²) in [6.07, 6.45) is 0.759. The highest BCUT2D eigenvalue weighted by atomic mass is 35.5. The minimum atomic E-state index is -0.319. The number of nitrogens with zero attached hydrogens (tertiary/aromatic N) is 1. The maximum Gasteiger partial charge on any atom is 0.227 e. The fourth-order valence-electron chi connectivity index (χ4n) is 3.18. The van der Waals surface area contributed by atoms with Crippen LogP contribution < -0.4 is 5.73 Å². The summed E-state index contributed by atoms with van der Waals surface area (Å²) in [4.78, 5) is 14.7. The number of halogens is 2. The molecule has 0 bridgehead atoms. The molecule has 0 aliphatic carbocycles. The standard InChI is InChI=1S/C19H20Cl2N2O/c1-12(18(22)13-5-3-2-4-6-13)19(24)23-8-7-14-9-15(20)10-17(21)16(14)11-23/h2-6,9-10,12,18H,7-8,11,22H2,1H3. The topological polar surface area (TPSA) is 46.3 Å². The van der Waals surface area contributed by atoms with E-state index in [9.17, 15) is 4.79 Å². The highest BCUT2D eigenvalue weighted by Gasteiger charge is 2.29. The van der Waals surface area contributed by atoms with E-state index in [0.717, 1.165) is 23.1 Å². The van der Waals surface area contributed by atoms with Crippen LogP contribution in [0.1, 0.15) is 29.7 Å². The molecule has 1 heterocycles. The van der Waals surface area contributed by atoms with Crippen LogP contribution in [0.15, 0.2) is 42.5 Å². The summed E-state index contributed by atoms with van der Waals surface area (Å²) >= 11 is 12.4. The predicted octanol–water partition coefficient (Wildman–Crippen LogP) is 4.21. The minimum absolute atomic E-state index is 0.0584. The number of benzene rings is 2. The lowest BCUT2D eigenvalue weighted by atomic mass is 9.92. The van der Waals surface area contributed by atoms with Crippen molar-refractivity contribution in [3.05, 3.63) is 69.2 Å². The van der Waals surface area contributed by atoms with E-state index >= 15 is 0 Å². The fourth-order valence-corrected chi connectivity index (χ4v) is 3.77. The lowest BCUT2D eigenvalue weighted by Gasteiger charge is -2.33. The van der Waals surface area contributed by atoms with Gasteiger partial charge in [-0.1, -0.05) is 60.5 Å². The summed E-state index contributed by atoms with van der Waals surface area (Å²) in [5, 5.41) is 1.26. The van der Waals surface area contributed by atoms with Gasteiger partial charge in [0.1, 0.15) is 0 Å². The van der Waals surface area contributed by atoms with Gasteiger partial charge in [0.15, 0.2) is 0 Å². The SMILES string of the molecule is CC(C(=O)N1CCc2cc(Cl)cc(Cl)c2C1)C(N)c1ccccc1. The van der Waals surface area contributed by atoms with Crippen molar-refractivity contribution in [2.75, 3.05) is 6.54 Å². The molecule has 0 aromatic heterocycles. The second kappa shape index (κ2) is 7.14. The van der Waals surface area contributed by atoms with Gasteiger partial charge in [0.2, 0.25) is 5.91 Å². The van der Waals surface area contributed by atoms with Gasteiger partial charge in [-0.15, -0.1) is 0 Å². The molecular formula is C19H20Cl2N2O. The number of rotatable bonds is 3. The molecule has 0 radical (unpaired) electrons. The van der Waals surface area contributed by atoms with E-state index in [0.29, 0.717) is 23.1 Å². The Hall–Kier alpha value is -1.55. The molecule has 2 unspecified atom stereocenters. The maximum absolute atomic E-state index is 12.9. The van der Waals surface area contributed by atoms with Gasteiger partial charge in [-0.3, -0.25) is 4.79 Å². The normalized spacial score (nSPS) is 16.4. The van der Waals surface area contributed by atoms with Gasteiger partial charge < -0.3 is 10.6 Å². The summed E-state index contributed by atoms with van der Waals surface area (Å²) < 4.78 is 0. The molecule has 1 amide bonds. The molecule has 2 aromatic rings. The van der Waals surface area contributed by atoms with Gasteiger partial charge in [0.25, 0.3) is 0 Å². The molecule has 1 aliphatic heterocycles. The van der Waals surface area contributed by atoms with Crippen molar-refractivity contribution in [1.82, 2.24) is 4.90 Å². The van der Waals surface area contributed by atoms with Crippen LogP contribution in [0.3, 0.4) is 0 Å². The Labute approximate surface area is 152 Å². The molecule has 2 N–H and O–H groups in total. The molecule has 3 rings (SSSR count). The van der Waals surface area contributed by atoms with Crippen LogP contribution in [0, 0.1) is 5.92 Å². The summed E-state index contributed by atoms with van der Waals surface area (Å²) in [6.45, 7) is 3.06. The maximum atomic E-state index is 12.9. The third-order valence-corrected chi connectivity index (χ3v) is 5.23. The number of fused-ring (bicyclic) bond motifs is 1. The van der Waals surface area contributed by atoms with Gasteiger partial charge in [0, 0.05) is 29.2 Å². The number of hydrogen-bond acceptors (Lipinski definition) is 2. The first-order chi connectivity index (χ1) is 11.5. The fraction of sp³-hybridized carbons (Fsp3) is 0.316.